The Bertz CT molecular complexity index is 1090. The molecule has 1 unspecified atom stereocenters. The molecule has 3 heterocycles. The van der Waals surface area contributed by atoms with Crippen LogP contribution in [0.2, 0.25) is 5.02 Å². The number of hydrogen-bond acceptors (Lipinski definition) is 7. The molecule has 1 fully saturated rings. The van der Waals surface area contributed by atoms with Gasteiger partial charge in [0.15, 0.2) is 16.6 Å². The summed E-state index contributed by atoms with van der Waals surface area (Å²) in [6.45, 7) is 4.51. The summed E-state index contributed by atoms with van der Waals surface area (Å²) in [5, 5.41) is 1.19. The van der Waals surface area contributed by atoms with E-state index in [4.69, 9.17) is 25.8 Å². The summed E-state index contributed by atoms with van der Waals surface area (Å²) < 4.78 is 18.1. The minimum absolute atomic E-state index is 0.162. The number of carbonyl (C=O) groups is 1. The summed E-state index contributed by atoms with van der Waals surface area (Å²) in [7, 11) is 0. The van der Waals surface area contributed by atoms with E-state index in [1.54, 1.807) is 4.90 Å². The molecule has 162 valence electrons. The zero-order chi connectivity index (χ0) is 21.2. The summed E-state index contributed by atoms with van der Waals surface area (Å²) in [4.78, 5) is 22.2. The molecule has 0 radical (unpaired) electrons. The number of morpholine rings is 1. The number of thiazole rings is 1. The molecule has 2 aliphatic rings. The molecule has 0 N–H and O–H groups in total. The van der Waals surface area contributed by atoms with Crippen LogP contribution in [0.5, 0.6) is 11.5 Å². The zero-order valence-electron chi connectivity index (χ0n) is 16.8. The molecule has 2 aliphatic heterocycles. The molecular weight excluding hydrogens is 438 g/mol. The van der Waals surface area contributed by atoms with E-state index in [9.17, 15) is 4.79 Å². The highest BCUT2D eigenvalue weighted by Crippen LogP contribution is 2.35. The van der Waals surface area contributed by atoms with Crippen LogP contribution < -0.4 is 14.4 Å². The number of ether oxygens (including phenoxy) is 3. The Labute approximate surface area is 189 Å². The second-order valence-corrected chi connectivity index (χ2v) is 8.81. The number of para-hydroxylation sites is 3. The Kier molecular flexibility index (Phi) is 5.95. The van der Waals surface area contributed by atoms with Crippen molar-refractivity contribution in [3.05, 3.63) is 47.5 Å². The van der Waals surface area contributed by atoms with Crippen LogP contribution >= 0.6 is 22.9 Å². The van der Waals surface area contributed by atoms with Gasteiger partial charge in [0, 0.05) is 26.2 Å². The summed E-state index contributed by atoms with van der Waals surface area (Å²) in [6.07, 6.45) is -0.734. The molecule has 0 aliphatic carbocycles. The van der Waals surface area contributed by atoms with Crippen molar-refractivity contribution in [2.45, 2.75) is 6.10 Å². The van der Waals surface area contributed by atoms with Crippen molar-refractivity contribution < 1.29 is 19.0 Å². The maximum absolute atomic E-state index is 13.6. The number of carbonyl (C=O) groups excluding carboxylic acids is 1. The fourth-order valence-corrected chi connectivity index (χ4v) is 5.00. The lowest BCUT2D eigenvalue weighted by molar-refractivity contribution is -0.127. The topological polar surface area (TPSA) is 64.1 Å². The first-order valence-corrected chi connectivity index (χ1v) is 11.4. The highest BCUT2D eigenvalue weighted by molar-refractivity contribution is 7.22. The first-order valence-electron chi connectivity index (χ1n) is 10.2. The van der Waals surface area contributed by atoms with Crippen LogP contribution in [0.15, 0.2) is 42.5 Å². The number of benzene rings is 2. The molecule has 9 heteroatoms. The van der Waals surface area contributed by atoms with Gasteiger partial charge in [-0.25, -0.2) is 4.98 Å². The Morgan fingerprint density at radius 3 is 2.77 bits per heavy atom. The van der Waals surface area contributed by atoms with E-state index in [0.717, 1.165) is 24.3 Å². The summed E-state index contributed by atoms with van der Waals surface area (Å²) in [5.41, 5.74) is 0.708. The van der Waals surface area contributed by atoms with E-state index < -0.39 is 6.10 Å². The van der Waals surface area contributed by atoms with E-state index in [0.29, 0.717) is 46.9 Å². The van der Waals surface area contributed by atoms with Crippen LogP contribution in [0.25, 0.3) is 10.2 Å². The lowest BCUT2D eigenvalue weighted by atomic mass is 10.2. The van der Waals surface area contributed by atoms with Gasteiger partial charge in [0.1, 0.15) is 12.1 Å². The maximum atomic E-state index is 13.6. The number of anilines is 1. The number of rotatable bonds is 5. The van der Waals surface area contributed by atoms with Crippen LogP contribution in [0.1, 0.15) is 0 Å². The van der Waals surface area contributed by atoms with Gasteiger partial charge in [-0.15, -0.1) is 0 Å². The molecule has 1 aromatic heterocycles. The number of hydrogen-bond donors (Lipinski definition) is 0. The summed E-state index contributed by atoms with van der Waals surface area (Å²) in [5.74, 6) is 1.06. The third-order valence-corrected chi connectivity index (χ3v) is 6.73. The molecule has 7 nitrogen and oxygen atoms in total. The average Bonchev–Trinajstić information content (AvgIpc) is 3.25. The predicted molar refractivity (Wildman–Crippen MR) is 121 cm³/mol. The van der Waals surface area contributed by atoms with E-state index in [1.165, 1.54) is 11.3 Å². The van der Waals surface area contributed by atoms with E-state index in [-0.39, 0.29) is 12.5 Å². The molecule has 0 saturated carbocycles. The first-order chi connectivity index (χ1) is 15.2. The Hall–Kier alpha value is -2.39. The Morgan fingerprint density at radius 2 is 1.97 bits per heavy atom. The minimum atomic E-state index is -0.734. The summed E-state index contributed by atoms with van der Waals surface area (Å²) >= 11 is 7.79. The third-order valence-electron chi connectivity index (χ3n) is 5.38. The fourth-order valence-electron chi connectivity index (χ4n) is 3.70. The standard InChI is InChI=1S/C22H22ClN3O4S/c23-15-4-3-7-19-20(15)24-22(31-19)26(9-8-25-10-12-28-13-11-25)21(27)18-14-29-16-5-1-2-6-17(16)30-18/h1-7,18H,8-14H2. The van der Waals surface area contributed by atoms with Gasteiger partial charge < -0.3 is 14.2 Å². The fraction of sp³-hybridized carbons (Fsp3) is 0.364. The number of amides is 1. The average molecular weight is 460 g/mol. The van der Waals surface area contributed by atoms with Crippen molar-refractivity contribution >= 4 is 44.2 Å². The van der Waals surface area contributed by atoms with Crippen molar-refractivity contribution in [3.8, 4) is 11.5 Å². The van der Waals surface area contributed by atoms with Gasteiger partial charge in [0.05, 0.1) is 22.9 Å². The second kappa shape index (κ2) is 9.00. The largest absolute Gasteiger partial charge is 0.485 e. The van der Waals surface area contributed by atoms with Crippen LogP contribution in [-0.2, 0) is 9.53 Å². The van der Waals surface area contributed by atoms with E-state index >= 15 is 0 Å². The molecule has 5 rings (SSSR count). The normalized spacial score (nSPS) is 18.8. The van der Waals surface area contributed by atoms with Crippen molar-refractivity contribution in [1.29, 1.82) is 0 Å². The molecular formula is C22H22ClN3O4S. The molecule has 1 saturated heterocycles. The van der Waals surface area contributed by atoms with Crippen LogP contribution in [0, 0.1) is 0 Å². The first kappa shape index (κ1) is 20.5. The number of nitrogens with zero attached hydrogens (tertiary/aromatic N) is 3. The smallest absolute Gasteiger partial charge is 0.273 e. The van der Waals surface area contributed by atoms with E-state index in [1.807, 2.05) is 42.5 Å². The third kappa shape index (κ3) is 4.34. The molecule has 0 spiro atoms. The quantitative estimate of drug-likeness (QED) is 0.582. The van der Waals surface area contributed by atoms with Crippen molar-refractivity contribution in [3.63, 3.8) is 0 Å². The molecule has 1 amide bonds. The van der Waals surface area contributed by atoms with Crippen molar-refractivity contribution in [2.75, 3.05) is 50.9 Å². The minimum Gasteiger partial charge on any atom is -0.485 e. The van der Waals surface area contributed by atoms with Crippen molar-refractivity contribution in [1.82, 2.24) is 9.88 Å². The van der Waals surface area contributed by atoms with E-state index in [2.05, 4.69) is 9.88 Å². The highest BCUT2D eigenvalue weighted by atomic mass is 35.5. The zero-order valence-corrected chi connectivity index (χ0v) is 18.4. The van der Waals surface area contributed by atoms with Gasteiger partial charge in [-0.3, -0.25) is 14.6 Å². The van der Waals surface area contributed by atoms with Crippen LogP contribution in [-0.4, -0.2) is 67.9 Å². The molecule has 0 bridgehead atoms. The maximum Gasteiger partial charge on any atom is 0.273 e. The number of halogens is 1. The lowest BCUT2D eigenvalue weighted by Gasteiger charge is -2.32. The Balaban J connectivity index is 1.41. The molecule has 1 atom stereocenters. The SMILES string of the molecule is O=C(C1COc2ccccc2O1)N(CCN1CCOCC1)c1nc2c(Cl)cccc2s1. The van der Waals surface area contributed by atoms with Gasteiger partial charge in [-0.2, -0.15) is 0 Å². The predicted octanol–water partition coefficient (Wildman–Crippen LogP) is 3.45. The van der Waals surface area contributed by atoms with Gasteiger partial charge in [0.25, 0.3) is 5.91 Å². The highest BCUT2D eigenvalue weighted by Gasteiger charge is 2.33. The van der Waals surface area contributed by atoms with Crippen LogP contribution in [0.4, 0.5) is 5.13 Å². The molecule has 31 heavy (non-hydrogen) atoms. The van der Waals surface area contributed by atoms with Gasteiger partial charge in [-0.05, 0) is 24.3 Å². The van der Waals surface area contributed by atoms with Crippen LogP contribution in [0.3, 0.4) is 0 Å². The molecule has 3 aromatic rings. The number of fused-ring (bicyclic) bond motifs is 2. The van der Waals surface area contributed by atoms with Gasteiger partial charge >= 0.3 is 0 Å². The second-order valence-electron chi connectivity index (χ2n) is 7.39. The summed E-state index contributed by atoms with van der Waals surface area (Å²) in [6, 6.07) is 13.0. The van der Waals surface area contributed by atoms with Gasteiger partial charge in [-0.1, -0.05) is 41.1 Å². The van der Waals surface area contributed by atoms with Gasteiger partial charge in [0.2, 0.25) is 6.10 Å². The lowest BCUT2D eigenvalue weighted by Crippen LogP contribution is -2.49. The Morgan fingerprint density at radius 1 is 1.16 bits per heavy atom. The van der Waals surface area contributed by atoms with Crippen molar-refractivity contribution in [2.24, 2.45) is 0 Å². The molecule has 2 aromatic carbocycles. The number of aromatic nitrogens is 1. The monoisotopic (exact) mass is 459 g/mol.